The number of halogens is 1. The van der Waals surface area contributed by atoms with Crippen molar-refractivity contribution in [2.24, 2.45) is 0 Å². The lowest BCUT2D eigenvalue weighted by Crippen LogP contribution is -2.05. The minimum atomic E-state index is -0.104. The molecule has 0 saturated heterocycles. The number of hydrogen-bond donors (Lipinski definition) is 1. The lowest BCUT2D eigenvalue weighted by atomic mass is 10.2. The second-order valence-electron chi connectivity index (χ2n) is 3.76. The summed E-state index contributed by atoms with van der Waals surface area (Å²) in [7, 11) is 0. The van der Waals surface area contributed by atoms with Crippen molar-refractivity contribution in [2.75, 3.05) is 0 Å². The standard InChI is InChI=1S/C12H14ClN3O/c1-2-6-16-11(8-17)14-15-12(16)9-4-3-5-10(13)7-9/h3-5,7,17H,2,6,8H2,1H3. The highest BCUT2D eigenvalue weighted by Crippen LogP contribution is 2.22. The molecule has 90 valence electrons. The molecule has 0 radical (unpaired) electrons. The van der Waals surface area contributed by atoms with Crippen molar-refractivity contribution < 1.29 is 5.11 Å². The van der Waals surface area contributed by atoms with Crippen molar-refractivity contribution >= 4 is 11.6 Å². The number of rotatable bonds is 4. The Morgan fingerprint density at radius 1 is 1.35 bits per heavy atom. The van der Waals surface area contributed by atoms with Crippen LogP contribution < -0.4 is 0 Å². The van der Waals surface area contributed by atoms with Gasteiger partial charge in [0, 0.05) is 17.1 Å². The van der Waals surface area contributed by atoms with Gasteiger partial charge in [0.25, 0.3) is 0 Å². The molecule has 0 aliphatic heterocycles. The van der Waals surface area contributed by atoms with Crippen molar-refractivity contribution in [3.63, 3.8) is 0 Å². The van der Waals surface area contributed by atoms with Crippen LogP contribution in [0.2, 0.25) is 5.02 Å². The molecule has 0 atom stereocenters. The van der Waals surface area contributed by atoms with Gasteiger partial charge in [0.1, 0.15) is 6.61 Å². The van der Waals surface area contributed by atoms with E-state index in [0.717, 1.165) is 24.4 Å². The highest BCUT2D eigenvalue weighted by atomic mass is 35.5. The zero-order valence-corrected chi connectivity index (χ0v) is 10.4. The van der Waals surface area contributed by atoms with Gasteiger partial charge in [-0.2, -0.15) is 0 Å². The third-order valence-electron chi connectivity index (χ3n) is 2.50. The largest absolute Gasteiger partial charge is 0.388 e. The Bertz CT molecular complexity index is 510. The van der Waals surface area contributed by atoms with Crippen molar-refractivity contribution in [1.29, 1.82) is 0 Å². The lowest BCUT2D eigenvalue weighted by Gasteiger charge is -2.07. The topological polar surface area (TPSA) is 50.9 Å². The van der Waals surface area contributed by atoms with Crippen LogP contribution in [0.5, 0.6) is 0 Å². The molecule has 0 bridgehead atoms. The minimum absolute atomic E-state index is 0.104. The molecular formula is C12H14ClN3O. The Hall–Kier alpha value is -1.39. The van der Waals surface area contributed by atoms with Gasteiger partial charge in [-0.3, -0.25) is 0 Å². The predicted molar refractivity (Wildman–Crippen MR) is 66.7 cm³/mol. The number of nitrogens with zero attached hydrogens (tertiary/aromatic N) is 3. The van der Waals surface area contributed by atoms with Gasteiger partial charge in [-0.1, -0.05) is 30.7 Å². The Kier molecular flexibility index (Phi) is 3.76. The molecule has 1 aromatic carbocycles. The maximum atomic E-state index is 9.21. The molecule has 1 N–H and O–H groups in total. The fourth-order valence-electron chi connectivity index (χ4n) is 1.75. The van der Waals surface area contributed by atoms with Crippen LogP contribution in [-0.2, 0) is 13.2 Å². The number of aromatic nitrogens is 3. The van der Waals surface area contributed by atoms with Gasteiger partial charge in [-0.15, -0.1) is 10.2 Å². The van der Waals surface area contributed by atoms with Gasteiger partial charge in [-0.05, 0) is 18.6 Å². The summed E-state index contributed by atoms with van der Waals surface area (Å²) >= 11 is 5.96. The van der Waals surface area contributed by atoms with Crippen LogP contribution >= 0.6 is 11.6 Å². The monoisotopic (exact) mass is 251 g/mol. The summed E-state index contributed by atoms with van der Waals surface area (Å²) in [5.41, 5.74) is 0.915. The van der Waals surface area contributed by atoms with Crippen molar-refractivity contribution in [3.8, 4) is 11.4 Å². The molecule has 4 nitrogen and oxygen atoms in total. The smallest absolute Gasteiger partial charge is 0.164 e. The second kappa shape index (κ2) is 5.29. The highest BCUT2D eigenvalue weighted by Gasteiger charge is 2.12. The zero-order chi connectivity index (χ0) is 12.3. The van der Waals surface area contributed by atoms with E-state index in [4.69, 9.17) is 11.6 Å². The fourth-order valence-corrected chi connectivity index (χ4v) is 1.94. The van der Waals surface area contributed by atoms with Crippen molar-refractivity contribution in [3.05, 3.63) is 35.1 Å². The van der Waals surface area contributed by atoms with E-state index < -0.39 is 0 Å². The average molecular weight is 252 g/mol. The van der Waals surface area contributed by atoms with Gasteiger partial charge in [0.15, 0.2) is 11.6 Å². The Labute approximate surface area is 105 Å². The number of hydrogen-bond acceptors (Lipinski definition) is 3. The highest BCUT2D eigenvalue weighted by molar-refractivity contribution is 6.30. The van der Waals surface area contributed by atoms with E-state index in [9.17, 15) is 5.11 Å². The summed E-state index contributed by atoms with van der Waals surface area (Å²) in [5.74, 6) is 1.33. The van der Waals surface area contributed by atoms with Crippen LogP contribution in [0.15, 0.2) is 24.3 Å². The molecule has 2 aromatic rings. The Balaban J connectivity index is 2.47. The van der Waals surface area contributed by atoms with Crippen LogP contribution in [0.4, 0.5) is 0 Å². The molecule has 0 aliphatic rings. The third-order valence-corrected chi connectivity index (χ3v) is 2.73. The number of aliphatic hydroxyl groups excluding tert-OH is 1. The average Bonchev–Trinajstić information content (AvgIpc) is 2.72. The molecule has 2 rings (SSSR count). The summed E-state index contributed by atoms with van der Waals surface area (Å²) in [5, 5.41) is 18.0. The SMILES string of the molecule is CCCn1c(CO)nnc1-c1cccc(Cl)c1. The second-order valence-corrected chi connectivity index (χ2v) is 4.20. The molecule has 1 aromatic heterocycles. The van der Waals surface area contributed by atoms with Gasteiger partial charge >= 0.3 is 0 Å². The van der Waals surface area contributed by atoms with Crippen LogP contribution in [0.25, 0.3) is 11.4 Å². The normalized spacial score (nSPS) is 10.8. The molecule has 0 amide bonds. The Morgan fingerprint density at radius 2 is 2.18 bits per heavy atom. The summed E-state index contributed by atoms with van der Waals surface area (Å²) in [4.78, 5) is 0. The van der Waals surface area contributed by atoms with E-state index in [-0.39, 0.29) is 6.61 Å². The molecule has 0 fully saturated rings. The molecule has 17 heavy (non-hydrogen) atoms. The predicted octanol–water partition coefficient (Wildman–Crippen LogP) is 2.50. The molecular weight excluding hydrogens is 238 g/mol. The lowest BCUT2D eigenvalue weighted by molar-refractivity contribution is 0.264. The van der Waals surface area contributed by atoms with Crippen LogP contribution in [0, 0.1) is 0 Å². The molecule has 0 unspecified atom stereocenters. The Morgan fingerprint density at radius 3 is 2.82 bits per heavy atom. The minimum Gasteiger partial charge on any atom is -0.388 e. The fraction of sp³-hybridized carbons (Fsp3) is 0.333. The van der Waals surface area contributed by atoms with Crippen LogP contribution in [0.3, 0.4) is 0 Å². The van der Waals surface area contributed by atoms with E-state index in [2.05, 4.69) is 17.1 Å². The summed E-state index contributed by atoms with van der Waals surface area (Å²) in [6.07, 6.45) is 0.957. The maximum absolute atomic E-state index is 9.21. The first-order chi connectivity index (χ1) is 8.26. The summed E-state index contributed by atoms with van der Waals surface area (Å²) in [6, 6.07) is 7.47. The van der Waals surface area contributed by atoms with E-state index in [0.29, 0.717) is 10.8 Å². The first-order valence-electron chi connectivity index (χ1n) is 5.55. The zero-order valence-electron chi connectivity index (χ0n) is 9.60. The van der Waals surface area contributed by atoms with Gasteiger partial charge in [0.2, 0.25) is 0 Å². The summed E-state index contributed by atoms with van der Waals surface area (Å²) < 4.78 is 1.92. The van der Waals surface area contributed by atoms with Crippen LogP contribution in [-0.4, -0.2) is 19.9 Å². The van der Waals surface area contributed by atoms with Crippen molar-refractivity contribution in [1.82, 2.24) is 14.8 Å². The third kappa shape index (κ3) is 2.48. The quantitative estimate of drug-likeness (QED) is 0.908. The molecule has 1 heterocycles. The van der Waals surface area contributed by atoms with E-state index in [1.165, 1.54) is 0 Å². The van der Waals surface area contributed by atoms with E-state index in [1.54, 1.807) is 0 Å². The van der Waals surface area contributed by atoms with E-state index >= 15 is 0 Å². The first-order valence-corrected chi connectivity index (χ1v) is 5.93. The molecule has 5 heteroatoms. The van der Waals surface area contributed by atoms with E-state index in [1.807, 2.05) is 28.8 Å². The first kappa shape index (κ1) is 12.1. The number of aliphatic hydroxyl groups is 1. The summed E-state index contributed by atoms with van der Waals surface area (Å²) in [6.45, 7) is 2.75. The molecule has 0 saturated carbocycles. The molecule has 0 spiro atoms. The van der Waals surface area contributed by atoms with Gasteiger partial charge in [0.05, 0.1) is 0 Å². The maximum Gasteiger partial charge on any atom is 0.164 e. The molecule has 0 aliphatic carbocycles. The number of benzene rings is 1. The van der Waals surface area contributed by atoms with Crippen molar-refractivity contribution in [2.45, 2.75) is 26.5 Å². The van der Waals surface area contributed by atoms with Gasteiger partial charge < -0.3 is 9.67 Å². The van der Waals surface area contributed by atoms with Gasteiger partial charge in [-0.25, -0.2) is 0 Å². The van der Waals surface area contributed by atoms with Crippen LogP contribution in [0.1, 0.15) is 19.2 Å².